The first-order valence-corrected chi connectivity index (χ1v) is 8.45. The molecule has 1 unspecified atom stereocenters. The molecule has 1 aromatic rings. The second-order valence-electron chi connectivity index (χ2n) is 4.75. The summed E-state index contributed by atoms with van der Waals surface area (Å²) >= 11 is 4.91. The quantitative estimate of drug-likeness (QED) is 0.819. The molecule has 7 heteroatoms. The lowest BCUT2D eigenvalue weighted by atomic mass is 10.1. The van der Waals surface area contributed by atoms with E-state index in [9.17, 15) is 13.2 Å². The fraction of sp³-hybridized carbons (Fsp3) is 0.385. The highest BCUT2D eigenvalue weighted by Crippen LogP contribution is 2.22. The molecular weight excluding hydrogens is 296 g/mol. The van der Waals surface area contributed by atoms with Crippen LogP contribution in [0.4, 0.5) is 5.69 Å². The molecule has 1 amide bonds. The summed E-state index contributed by atoms with van der Waals surface area (Å²) in [5.74, 6) is -0.435. The van der Waals surface area contributed by atoms with E-state index in [-0.39, 0.29) is 10.7 Å². The standard InChI is InChI=1S/C13H16N2O3S2/c14-12(19)9-5-1-2-6-10(9)15-13(16)11-7-3-4-8-20(11,17)18/h1-2,5-6,11H,3-4,7-8H2,(H2,14,19)(H,15,16). The third-order valence-corrected chi connectivity index (χ3v) is 5.72. The summed E-state index contributed by atoms with van der Waals surface area (Å²) in [6.45, 7) is 0. The van der Waals surface area contributed by atoms with Gasteiger partial charge in [0.15, 0.2) is 9.84 Å². The molecule has 1 atom stereocenters. The van der Waals surface area contributed by atoms with Crippen molar-refractivity contribution in [2.45, 2.75) is 24.5 Å². The van der Waals surface area contributed by atoms with Crippen molar-refractivity contribution in [1.82, 2.24) is 0 Å². The average molecular weight is 312 g/mol. The van der Waals surface area contributed by atoms with E-state index in [1.165, 1.54) is 0 Å². The molecular formula is C13H16N2O3S2. The molecule has 20 heavy (non-hydrogen) atoms. The summed E-state index contributed by atoms with van der Waals surface area (Å²) in [6, 6.07) is 6.82. The maximum atomic E-state index is 12.2. The second kappa shape index (κ2) is 5.88. The zero-order valence-electron chi connectivity index (χ0n) is 10.8. The van der Waals surface area contributed by atoms with Crippen molar-refractivity contribution in [3.8, 4) is 0 Å². The van der Waals surface area contributed by atoms with Crippen molar-refractivity contribution >= 4 is 38.6 Å². The predicted octanol–water partition coefficient (Wildman–Crippen LogP) is 1.23. The Balaban J connectivity index is 2.22. The molecule has 3 N–H and O–H groups in total. The normalized spacial score (nSPS) is 21.1. The summed E-state index contributed by atoms with van der Waals surface area (Å²) in [5.41, 5.74) is 6.57. The minimum atomic E-state index is -3.35. The van der Waals surface area contributed by atoms with Crippen LogP contribution in [0.2, 0.25) is 0 Å². The lowest BCUT2D eigenvalue weighted by Crippen LogP contribution is -2.39. The van der Waals surface area contributed by atoms with Crippen LogP contribution in [0.25, 0.3) is 0 Å². The largest absolute Gasteiger partial charge is 0.389 e. The average Bonchev–Trinajstić information content (AvgIpc) is 2.38. The van der Waals surface area contributed by atoms with Crippen LogP contribution in [-0.2, 0) is 14.6 Å². The Labute approximate surface area is 123 Å². The number of hydrogen-bond donors (Lipinski definition) is 2. The number of carbonyl (C=O) groups is 1. The van der Waals surface area contributed by atoms with Gasteiger partial charge in [-0.05, 0) is 25.0 Å². The summed E-state index contributed by atoms with van der Waals surface area (Å²) in [5, 5.41) is 1.66. The van der Waals surface area contributed by atoms with Crippen molar-refractivity contribution in [2.24, 2.45) is 5.73 Å². The van der Waals surface area contributed by atoms with E-state index in [0.29, 0.717) is 24.1 Å². The van der Waals surface area contributed by atoms with Gasteiger partial charge < -0.3 is 11.1 Å². The summed E-state index contributed by atoms with van der Waals surface area (Å²) in [4.78, 5) is 12.3. The SMILES string of the molecule is NC(=S)c1ccccc1NC(=O)C1CCCCS1(=O)=O. The summed E-state index contributed by atoms with van der Waals surface area (Å²) < 4.78 is 23.8. The Bertz CT molecular complexity index is 641. The number of nitrogens with two attached hydrogens (primary N) is 1. The highest BCUT2D eigenvalue weighted by atomic mass is 32.2. The van der Waals surface area contributed by atoms with E-state index in [2.05, 4.69) is 5.32 Å². The van der Waals surface area contributed by atoms with Crippen LogP contribution in [0.1, 0.15) is 24.8 Å². The number of sulfone groups is 1. The number of benzene rings is 1. The van der Waals surface area contributed by atoms with Gasteiger partial charge in [-0.1, -0.05) is 30.8 Å². The zero-order chi connectivity index (χ0) is 14.8. The van der Waals surface area contributed by atoms with Gasteiger partial charge in [0, 0.05) is 5.56 Å². The molecule has 1 fully saturated rings. The molecule has 1 heterocycles. The third-order valence-electron chi connectivity index (χ3n) is 3.32. The fourth-order valence-electron chi connectivity index (χ4n) is 2.27. The van der Waals surface area contributed by atoms with Crippen LogP contribution >= 0.6 is 12.2 Å². The Hall–Kier alpha value is -1.47. The number of thiocarbonyl (C=S) groups is 1. The van der Waals surface area contributed by atoms with E-state index in [1.54, 1.807) is 24.3 Å². The Morgan fingerprint density at radius 2 is 2.00 bits per heavy atom. The van der Waals surface area contributed by atoms with Crippen LogP contribution < -0.4 is 11.1 Å². The number of hydrogen-bond acceptors (Lipinski definition) is 4. The fourth-order valence-corrected chi connectivity index (χ4v) is 4.25. The number of anilines is 1. The maximum Gasteiger partial charge on any atom is 0.242 e. The lowest BCUT2D eigenvalue weighted by molar-refractivity contribution is -0.116. The molecule has 0 aliphatic carbocycles. The van der Waals surface area contributed by atoms with Crippen molar-refractivity contribution in [1.29, 1.82) is 0 Å². The molecule has 0 radical (unpaired) electrons. The van der Waals surface area contributed by atoms with Gasteiger partial charge in [0.25, 0.3) is 0 Å². The molecule has 1 aliphatic rings. The maximum absolute atomic E-state index is 12.2. The van der Waals surface area contributed by atoms with Crippen LogP contribution in [0.5, 0.6) is 0 Å². The Kier molecular flexibility index (Phi) is 4.39. The molecule has 0 bridgehead atoms. The molecule has 5 nitrogen and oxygen atoms in total. The topological polar surface area (TPSA) is 89.3 Å². The minimum Gasteiger partial charge on any atom is -0.389 e. The van der Waals surface area contributed by atoms with E-state index >= 15 is 0 Å². The molecule has 1 saturated heterocycles. The molecule has 108 valence electrons. The first-order valence-electron chi connectivity index (χ1n) is 6.33. The van der Waals surface area contributed by atoms with Crippen molar-refractivity contribution in [3.05, 3.63) is 29.8 Å². The van der Waals surface area contributed by atoms with Crippen molar-refractivity contribution < 1.29 is 13.2 Å². The molecule has 2 rings (SSSR count). The molecule has 0 aromatic heterocycles. The summed E-state index contributed by atoms with van der Waals surface area (Å²) in [6.07, 6.45) is 1.73. The highest BCUT2D eigenvalue weighted by molar-refractivity contribution is 7.92. The predicted molar refractivity (Wildman–Crippen MR) is 82.4 cm³/mol. The van der Waals surface area contributed by atoms with Gasteiger partial charge in [-0.15, -0.1) is 0 Å². The summed E-state index contributed by atoms with van der Waals surface area (Å²) in [7, 11) is -3.35. The number of nitrogens with one attached hydrogen (secondary N) is 1. The molecule has 1 aliphatic heterocycles. The molecule has 1 aromatic carbocycles. The minimum absolute atomic E-state index is 0.0715. The van der Waals surface area contributed by atoms with Crippen LogP contribution in [0.3, 0.4) is 0 Å². The number of amides is 1. The Morgan fingerprint density at radius 1 is 1.30 bits per heavy atom. The lowest BCUT2D eigenvalue weighted by Gasteiger charge is -2.22. The first-order chi connectivity index (χ1) is 9.42. The third kappa shape index (κ3) is 3.16. The first kappa shape index (κ1) is 14.9. The molecule has 0 saturated carbocycles. The van der Waals surface area contributed by atoms with E-state index in [4.69, 9.17) is 18.0 Å². The number of carbonyl (C=O) groups excluding carboxylic acids is 1. The number of para-hydroxylation sites is 1. The van der Waals surface area contributed by atoms with Crippen LogP contribution in [0, 0.1) is 0 Å². The second-order valence-corrected chi connectivity index (χ2v) is 7.49. The Morgan fingerprint density at radius 3 is 2.65 bits per heavy atom. The van der Waals surface area contributed by atoms with E-state index in [1.807, 2.05) is 0 Å². The highest BCUT2D eigenvalue weighted by Gasteiger charge is 2.35. The van der Waals surface area contributed by atoms with Gasteiger partial charge in [-0.3, -0.25) is 4.79 Å². The van der Waals surface area contributed by atoms with Gasteiger partial charge in [0.1, 0.15) is 10.2 Å². The van der Waals surface area contributed by atoms with Gasteiger partial charge in [0.2, 0.25) is 5.91 Å². The zero-order valence-corrected chi connectivity index (χ0v) is 12.5. The molecule has 0 spiro atoms. The van der Waals surface area contributed by atoms with E-state index < -0.39 is 21.0 Å². The van der Waals surface area contributed by atoms with Gasteiger partial charge in [-0.25, -0.2) is 8.42 Å². The van der Waals surface area contributed by atoms with Crippen molar-refractivity contribution in [2.75, 3.05) is 11.1 Å². The van der Waals surface area contributed by atoms with Crippen molar-refractivity contribution in [3.63, 3.8) is 0 Å². The monoisotopic (exact) mass is 312 g/mol. The van der Waals surface area contributed by atoms with Crippen LogP contribution in [0.15, 0.2) is 24.3 Å². The van der Waals surface area contributed by atoms with Gasteiger partial charge in [-0.2, -0.15) is 0 Å². The van der Waals surface area contributed by atoms with Gasteiger partial charge >= 0.3 is 0 Å². The smallest absolute Gasteiger partial charge is 0.242 e. The van der Waals surface area contributed by atoms with Crippen LogP contribution in [-0.4, -0.2) is 30.3 Å². The number of rotatable bonds is 3. The van der Waals surface area contributed by atoms with Gasteiger partial charge in [0.05, 0.1) is 11.4 Å². The van der Waals surface area contributed by atoms with E-state index in [0.717, 1.165) is 6.42 Å².